The lowest BCUT2D eigenvalue weighted by molar-refractivity contribution is 1.47. The molecule has 0 N–H and O–H groups in total. The average Bonchev–Trinajstić information content (AvgIpc) is 1.90. The summed E-state index contributed by atoms with van der Waals surface area (Å²) in [6.07, 6.45) is 0. The molecule has 0 aliphatic carbocycles. The number of hydrogen-bond acceptors (Lipinski definition) is 1. The maximum Gasteiger partial charge on any atom is 0.0239 e. The summed E-state index contributed by atoms with van der Waals surface area (Å²) in [5.74, 6) is 0. The first-order valence-electron chi connectivity index (χ1n) is 2.18. The van der Waals surface area contributed by atoms with Crippen LogP contribution in [-0.2, 0) is 0 Å². The molecule has 0 heterocycles. The largest absolute Gasteiger partial charge is 0.0605 e. The molecule has 0 unspecified atom stereocenters. The summed E-state index contributed by atoms with van der Waals surface area (Å²) in [6, 6.07) is 10.4. The van der Waals surface area contributed by atoms with E-state index in [0.717, 1.165) is 4.90 Å². The van der Waals surface area contributed by atoms with E-state index in [1.54, 1.807) is 0 Å². The van der Waals surface area contributed by atoms with E-state index < -0.39 is 0 Å². The highest BCUT2D eigenvalue weighted by Crippen LogP contribution is 2.19. The predicted molar refractivity (Wildman–Crippen MR) is 37.0 cm³/mol. The third-order valence-corrected chi connectivity index (χ3v) is 1.73. The van der Waals surface area contributed by atoms with Crippen LogP contribution in [0.3, 0.4) is 0 Å². The lowest BCUT2D eigenvalue weighted by Crippen LogP contribution is -1.60. The normalized spacial score (nSPS) is 9.12. The number of halogens is 1. The topological polar surface area (TPSA) is 0 Å². The fourth-order valence-electron chi connectivity index (χ4n) is 0.425. The summed E-state index contributed by atoms with van der Waals surface area (Å²) < 4.78 is 0. The van der Waals surface area contributed by atoms with Crippen LogP contribution in [0, 0.1) is 6.07 Å². The van der Waals surface area contributed by atoms with Gasteiger partial charge in [0.05, 0.1) is 0 Å². The average molecular weight is 144 g/mol. The third kappa shape index (κ3) is 1.42. The second kappa shape index (κ2) is 3.00. The van der Waals surface area contributed by atoms with Crippen molar-refractivity contribution in [3.63, 3.8) is 0 Å². The fourth-order valence-corrected chi connectivity index (χ4v) is 0.955. The lowest BCUT2D eigenvalue weighted by Gasteiger charge is -1.86. The van der Waals surface area contributed by atoms with Crippen LogP contribution >= 0.6 is 21.7 Å². The van der Waals surface area contributed by atoms with Crippen molar-refractivity contribution < 1.29 is 0 Å². The van der Waals surface area contributed by atoms with E-state index in [1.807, 2.05) is 24.3 Å². The molecule has 0 saturated carbocycles. The summed E-state index contributed by atoms with van der Waals surface area (Å²) in [6.45, 7) is 0. The molecule has 0 saturated heterocycles. The van der Waals surface area contributed by atoms with Crippen molar-refractivity contribution in [2.45, 2.75) is 4.90 Å². The Kier molecular flexibility index (Phi) is 2.25. The molecule has 1 rings (SSSR count). The SMILES string of the molecule is ClSc1c[c]ccc1. The Hall–Kier alpha value is -0.140. The van der Waals surface area contributed by atoms with Crippen molar-refractivity contribution in [2.24, 2.45) is 0 Å². The zero-order valence-electron chi connectivity index (χ0n) is 4.10. The summed E-state index contributed by atoms with van der Waals surface area (Å²) >= 11 is 0. The standard InChI is InChI=1S/C6H4ClS/c7-8-6-4-2-1-3-5-6/h1-2,4-5H. The Balaban J connectivity index is 2.83. The van der Waals surface area contributed by atoms with Gasteiger partial charge in [-0.25, -0.2) is 0 Å². The molecule has 0 aliphatic heterocycles. The predicted octanol–water partition coefficient (Wildman–Crippen LogP) is 2.73. The van der Waals surface area contributed by atoms with Gasteiger partial charge in [-0.15, -0.1) is 0 Å². The Morgan fingerprint density at radius 2 is 2.50 bits per heavy atom. The zero-order chi connectivity index (χ0) is 5.82. The summed E-state index contributed by atoms with van der Waals surface area (Å²) in [4.78, 5) is 1.04. The van der Waals surface area contributed by atoms with Crippen LogP contribution in [0.1, 0.15) is 0 Å². The molecule has 41 valence electrons. The van der Waals surface area contributed by atoms with Crippen LogP contribution in [0.25, 0.3) is 0 Å². The lowest BCUT2D eigenvalue weighted by atomic mass is 10.4. The summed E-state index contributed by atoms with van der Waals surface area (Å²) in [7, 11) is 6.63. The quantitative estimate of drug-likeness (QED) is 0.583. The second-order valence-electron chi connectivity index (χ2n) is 1.32. The Morgan fingerprint density at radius 1 is 1.62 bits per heavy atom. The van der Waals surface area contributed by atoms with Gasteiger partial charge in [0, 0.05) is 4.90 Å². The molecule has 8 heavy (non-hydrogen) atoms. The summed E-state index contributed by atoms with van der Waals surface area (Å²) in [5.41, 5.74) is 0. The van der Waals surface area contributed by atoms with E-state index in [4.69, 9.17) is 10.7 Å². The first-order chi connectivity index (χ1) is 3.93. The molecule has 1 aromatic carbocycles. The van der Waals surface area contributed by atoms with Crippen molar-refractivity contribution >= 4 is 21.7 Å². The van der Waals surface area contributed by atoms with Crippen LogP contribution in [0.4, 0.5) is 0 Å². The van der Waals surface area contributed by atoms with E-state index in [-0.39, 0.29) is 0 Å². The van der Waals surface area contributed by atoms with Crippen molar-refractivity contribution in [2.75, 3.05) is 0 Å². The van der Waals surface area contributed by atoms with Gasteiger partial charge in [0.2, 0.25) is 0 Å². The first kappa shape index (κ1) is 5.99. The van der Waals surface area contributed by atoms with Gasteiger partial charge in [0.1, 0.15) is 0 Å². The minimum Gasteiger partial charge on any atom is -0.0605 e. The maximum atomic E-state index is 5.42. The summed E-state index contributed by atoms with van der Waals surface area (Å²) in [5, 5.41) is 0. The molecule has 0 aromatic heterocycles. The molecule has 0 bridgehead atoms. The van der Waals surface area contributed by atoms with Crippen LogP contribution in [0.15, 0.2) is 29.2 Å². The van der Waals surface area contributed by atoms with Gasteiger partial charge < -0.3 is 0 Å². The van der Waals surface area contributed by atoms with Gasteiger partial charge in [-0.2, -0.15) is 0 Å². The molecular weight excluding hydrogens is 140 g/mol. The van der Waals surface area contributed by atoms with E-state index in [9.17, 15) is 0 Å². The van der Waals surface area contributed by atoms with E-state index in [1.165, 1.54) is 11.0 Å². The van der Waals surface area contributed by atoms with Crippen molar-refractivity contribution in [1.82, 2.24) is 0 Å². The molecular formula is C6H4ClS. The highest BCUT2D eigenvalue weighted by molar-refractivity contribution is 8.21. The molecule has 0 spiro atoms. The molecule has 1 aromatic rings. The van der Waals surface area contributed by atoms with E-state index >= 15 is 0 Å². The first-order valence-corrected chi connectivity index (χ1v) is 3.82. The van der Waals surface area contributed by atoms with Gasteiger partial charge in [0.25, 0.3) is 0 Å². The Bertz CT molecular complexity index is 150. The van der Waals surface area contributed by atoms with Crippen LogP contribution in [0.2, 0.25) is 0 Å². The highest BCUT2D eigenvalue weighted by Gasteiger charge is 1.83. The molecule has 0 aliphatic rings. The van der Waals surface area contributed by atoms with Crippen molar-refractivity contribution in [1.29, 1.82) is 0 Å². The van der Waals surface area contributed by atoms with Crippen LogP contribution < -0.4 is 0 Å². The van der Waals surface area contributed by atoms with Gasteiger partial charge in [-0.05, 0) is 39.9 Å². The highest BCUT2D eigenvalue weighted by atomic mass is 35.7. The molecule has 2 heteroatoms. The minimum absolute atomic E-state index is 1.04. The van der Waals surface area contributed by atoms with Gasteiger partial charge in [0.15, 0.2) is 0 Å². The van der Waals surface area contributed by atoms with Crippen molar-refractivity contribution in [3.05, 3.63) is 30.3 Å². The molecule has 0 fully saturated rings. The smallest absolute Gasteiger partial charge is 0.0239 e. The van der Waals surface area contributed by atoms with Crippen LogP contribution in [-0.4, -0.2) is 0 Å². The Morgan fingerprint density at radius 3 is 2.88 bits per heavy atom. The molecule has 0 amide bonds. The fraction of sp³-hybridized carbons (Fsp3) is 0. The minimum atomic E-state index is 1.04. The zero-order valence-corrected chi connectivity index (χ0v) is 5.67. The maximum absolute atomic E-state index is 5.42. The second-order valence-corrected chi connectivity index (χ2v) is 2.40. The molecule has 0 nitrogen and oxygen atoms in total. The van der Waals surface area contributed by atoms with Crippen molar-refractivity contribution in [3.8, 4) is 0 Å². The van der Waals surface area contributed by atoms with Gasteiger partial charge in [-0.3, -0.25) is 0 Å². The van der Waals surface area contributed by atoms with Gasteiger partial charge >= 0.3 is 0 Å². The number of hydrogen-bond donors (Lipinski definition) is 0. The third-order valence-electron chi connectivity index (χ3n) is 0.768. The van der Waals surface area contributed by atoms with E-state index in [0.29, 0.717) is 0 Å². The monoisotopic (exact) mass is 143 g/mol. The van der Waals surface area contributed by atoms with Crippen LogP contribution in [0.5, 0.6) is 0 Å². The number of benzene rings is 1. The van der Waals surface area contributed by atoms with Gasteiger partial charge in [-0.1, -0.05) is 12.1 Å². The Labute approximate surface area is 57.4 Å². The number of rotatable bonds is 1. The van der Waals surface area contributed by atoms with E-state index in [2.05, 4.69) is 6.07 Å². The molecule has 0 atom stereocenters. The molecule has 1 radical (unpaired) electrons.